The fourth-order valence-corrected chi connectivity index (χ4v) is 2.28. The van der Waals surface area contributed by atoms with Crippen LogP contribution in [0.25, 0.3) is 11.3 Å². The second-order valence-corrected chi connectivity index (χ2v) is 5.56. The van der Waals surface area contributed by atoms with Crippen molar-refractivity contribution in [2.75, 3.05) is 0 Å². The third-order valence-corrected chi connectivity index (χ3v) is 3.70. The minimum Gasteiger partial charge on any atom is -0.476 e. The summed E-state index contributed by atoms with van der Waals surface area (Å²) in [5, 5.41) is 20.5. The Kier molecular flexibility index (Phi) is 4.42. The van der Waals surface area contributed by atoms with Crippen LogP contribution in [0.1, 0.15) is 33.1 Å². The largest absolute Gasteiger partial charge is 0.476 e. The van der Waals surface area contributed by atoms with Crippen LogP contribution in [0, 0.1) is 20.8 Å². The molecule has 3 rings (SSSR count). The van der Waals surface area contributed by atoms with Crippen molar-refractivity contribution < 1.29 is 19.2 Å². The van der Waals surface area contributed by atoms with Gasteiger partial charge in [-0.25, -0.2) is 4.79 Å². The molecule has 0 saturated heterocycles. The zero-order chi connectivity index (χ0) is 18.0. The van der Waals surface area contributed by atoms with E-state index in [1.165, 1.54) is 6.07 Å². The van der Waals surface area contributed by atoms with E-state index in [1.807, 2.05) is 19.1 Å². The molecule has 0 spiro atoms. The van der Waals surface area contributed by atoms with Gasteiger partial charge in [0.05, 0.1) is 5.56 Å². The van der Waals surface area contributed by atoms with Crippen LogP contribution in [0.3, 0.4) is 0 Å². The summed E-state index contributed by atoms with van der Waals surface area (Å²) < 4.78 is 10.9. The topological polar surface area (TPSA) is 111 Å². The molecule has 0 aliphatic rings. The standard InChI is InChI=1S/C17H16N4O4/c1-9-6-14(19-20-15(9)17(22)23)24-8-13-11(3)25-21-16(13)12-5-4-10(2)18-7-12/h4-7H,8H2,1-3H3,(H,22,23). The van der Waals surface area contributed by atoms with Crippen molar-refractivity contribution in [3.63, 3.8) is 0 Å². The molecule has 3 aromatic heterocycles. The summed E-state index contributed by atoms with van der Waals surface area (Å²) in [6, 6.07) is 5.34. The van der Waals surface area contributed by atoms with Crippen molar-refractivity contribution in [3.8, 4) is 17.1 Å². The molecule has 8 heteroatoms. The monoisotopic (exact) mass is 340 g/mol. The van der Waals surface area contributed by atoms with E-state index in [-0.39, 0.29) is 18.2 Å². The van der Waals surface area contributed by atoms with Crippen LogP contribution in [-0.4, -0.2) is 31.4 Å². The number of carboxylic acids is 1. The maximum atomic E-state index is 11.0. The summed E-state index contributed by atoms with van der Waals surface area (Å²) in [4.78, 5) is 15.2. The first-order valence-corrected chi connectivity index (χ1v) is 7.54. The van der Waals surface area contributed by atoms with Gasteiger partial charge in [-0.05, 0) is 38.5 Å². The SMILES string of the molecule is Cc1ccc(-c2noc(C)c2COc2cc(C)c(C(=O)O)nn2)cn1. The molecule has 25 heavy (non-hydrogen) atoms. The highest BCUT2D eigenvalue weighted by Gasteiger charge is 2.17. The predicted molar refractivity (Wildman–Crippen MR) is 87.3 cm³/mol. The minimum atomic E-state index is -1.12. The number of rotatable bonds is 5. The zero-order valence-corrected chi connectivity index (χ0v) is 14.0. The van der Waals surface area contributed by atoms with Gasteiger partial charge in [-0.2, -0.15) is 0 Å². The molecular formula is C17H16N4O4. The minimum absolute atomic E-state index is 0.0973. The van der Waals surface area contributed by atoms with Crippen molar-refractivity contribution in [2.45, 2.75) is 27.4 Å². The molecule has 0 aliphatic heterocycles. The van der Waals surface area contributed by atoms with Crippen molar-refractivity contribution in [2.24, 2.45) is 0 Å². The second-order valence-electron chi connectivity index (χ2n) is 5.56. The van der Waals surface area contributed by atoms with E-state index < -0.39 is 5.97 Å². The highest BCUT2D eigenvalue weighted by molar-refractivity contribution is 5.86. The van der Waals surface area contributed by atoms with Crippen LogP contribution in [0.15, 0.2) is 28.9 Å². The Morgan fingerprint density at radius 2 is 2.04 bits per heavy atom. The van der Waals surface area contributed by atoms with Gasteiger partial charge in [-0.3, -0.25) is 4.98 Å². The molecule has 0 radical (unpaired) electrons. The van der Waals surface area contributed by atoms with E-state index in [0.717, 1.165) is 16.8 Å². The van der Waals surface area contributed by atoms with E-state index in [9.17, 15) is 4.79 Å². The van der Waals surface area contributed by atoms with Crippen LogP contribution in [0.2, 0.25) is 0 Å². The Morgan fingerprint density at radius 1 is 1.24 bits per heavy atom. The molecule has 0 aromatic carbocycles. The number of carbonyl (C=O) groups is 1. The first-order chi connectivity index (χ1) is 12.0. The lowest BCUT2D eigenvalue weighted by molar-refractivity contribution is 0.0688. The predicted octanol–water partition coefficient (Wildman–Crippen LogP) is 2.73. The molecular weight excluding hydrogens is 324 g/mol. The van der Waals surface area contributed by atoms with Gasteiger partial charge in [0.1, 0.15) is 18.1 Å². The molecule has 0 unspecified atom stereocenters. The van der Waals surface area contributed by atoms with E-state index >= 15 is 0 Å². The molecule has 8 nitrogen and oxygen atoms in total. The average molecular weight is 340 g/mol. The van der Waals surface area contributed by atoms with Crippen LogP contribution >= 0.6 is 0 Å². The van der Waals surface area contributed by atoms with Crippen LogP contribution in [0.4, 0.5) is 0 Å². The van der Waals surface area contributed by atoms with Crippen molar-refractivity contribution >= 4 is 5.97 Å². The molecule has 3 heterocycles. The first-order valence-electron chi connectivity index (χ1n) is 7.54. The number of pyridine rings is 1. The van der Waals surface area contributed by atoms with Gasteiger partial charge < -0.3 is 14.4 Å². The van der Waals surface area contributed by atoms with Gasteiger partial charge in [0.25, 0.3) is 0 Å². The van der Waals surface area contributed by atoms with Crippen molar-refractivity contribution in [1.82, 2.24) is 20.3 Å². The van der Waals surface area contributed by atoms with Crippen LogP contribution < -0.4 is 4.74 Å². The highest BCUT2D eigenvalue weighted by atomic mass is 16.5. The first kappa shape index (κ1) is 16.6. The van der Waals surface area contributed by atoms with Crippen molar-refractivity contribution in [1.29, 1.82) is 0 Å². The third-order valence-electron chi connectivity index (χ3n) is 3.70. The molecule has 128 valence electrons. The fourth-order valence-electron chi connectivity index (χ4n) is 2.28. The van der Waals surface area contributed by atoms with Gasteiger partial charge in [0, 0.05) is 23.5 Å². The number of nitrogens with zero attached hydrogens (tertiary/aromatic N) is 4. The Morgan fingerprint density at radius 3 is 2.68 bits per heavy atom. The number of aromatic nitrogens is 4. The van der Waals surface area contributed by atoms with E-state index in [0.29, 0.717) is 17.0 Å². The number of aryl methyl sites for hydroxylation is 3. The van der Waals surface area contributed by atoms with Crippen LogP contribution in [-0.2, 0) is 6.61 Å². The average Bonchev–Trinajstić information content (AvgIpc) is 2.94. The molecule has 0 aliphatic carbocycles. The highest BCUT2D eigenvalue weighted by Crippen LogP contribution is 2.26. The number of hydrogen-bond donors (Lipinski definition) is 1. The Hall–Kier alpha value is -3.29. The van der Waals surface area contributed by atoms with Crippen LogP contribution in [0.5, 0.6) is 5.88 Å². The molecule has 0 bridgehead atoms. The summed E-state index contributed by atoms with van der Waals surface area (Å²) in [6.45, 7) is 5.50. The summed E-state index contributed by atoms with van der Waals surface area (Å²) in [7, 11) is 0. The Labute approximate surface area is 143 Å². The Bertz CT molecular complexity index is 919. The normalized spacial score (nSPS) is 10.7. The molecule has 1 N–H and O–H groups in total. The zero-order valence-electron chi connectivity index (χ0n) is 14.0. The molecule has 0 saturated carbocycles. The van der Waals surface area contributed by atoms with E-state index in [1.54, 1.807) is 20.0 Å². The molecule has 0 fully saturated rings. The molecule has 3 aromatic rings. The lowest BCUT2D eigenvalue weighted by atomic mass is 10.1. The van der Waals surface area contributed by atoms with Gasteiger partial charge in [0.2, 0.25) is 5.88 Å². The number of ether oxygens (including phenoxy) is 1. The second kappa shape index (κ2) is 6.68. The fraction of sp³-hybridized carbons (Fsp3) is 0.235. The third kappa shape index (κ3) is 3.47. The van der Waals surface area contributed by atoms with Gasteiger partial charge in [-0.1, -0.05) is 5.16 Å². The van der Waals surface area contributed by atoms with Gasteiger partial charge in [0.15, 0.2) is 5.69 Å². The summed E-state index contributed by atoms with van der Waals surface area (Å²) in [5.41, 5.74) is 3.53. The lowest BCUT2D eigenvalue weighted by Crippen LogP contribution is -2.07. The molecule has 0 atom stereocenters. The molecule has 0 amide bonds. The summed E-state index contributed by atoms with van der Waals surface area (Å²) in [5.74, 6) is -0.265. The van der Waals surface area contributed by atoms with E-state index in [2.05, 4.69) is 20.3 Å². The number of carboxylic acid groups (broad SMARTS) is 1. The maximum absolute atomic E-state index is 11.0. The quantitative estimate of drug-likeness (QED) is 0.754. The van der Waals surface area contributed by atoms with E-state index in [4.69, 9.17) is 14.4 Å². The van der Waals surface area contributed by atoms with Gasteiger partial charge >= 0.3 is 5.97 Å². The smallest absolute Gasteiger partial charge is 0.356 e. The Balaban J connectivity index is 1.82. The maximum Gasteiger partial charge on any atom is 0.356 e. The van der Waals surface area contributed by atoms with Crippen molar-refractivity contribution in [3.05, 3.63) is 52.7 Å². The van der Waals surface area contributed by atoms with Gasteiger partial charge in [-0.15, -0.1) is 10.2 Å². The number of aromatic carboxylic acids is 1. The number of hydrogen-bond acceptors (Lipinski definition) is 7. The lowest BCUT2D eigenvalue weighted by Gasteiger charge is -2.07. The summed E-state index contributed by atoms with van der Waals surface area (Å²) in [6.07, 6.45) is 1.72. The summed E-state index contributed by atoms with van der Waals surface area (Å²) >= 11 is 0.